The minimum Gasteiger partial charge on any atom is -0.389 e. The standard InChI is InChI=1S/C8H11ClN2O2/c9-6-1-2-11-4-5(6)8(13)7(12)3-10/h1-2,4,7-8,12-13H,3,10H2. The van der Waals surface area contributed by atoms with Crippen LogP contribution < -0.4 is 5.73 Å². The first-order valence-corrected chi connectivity index (χ1v) is 4.20. The Morgan fingerprint density at radius 3 is 2.77 bits per heavy atom. The first kappa shape index (κ1) is 10.4. The normalized spacial score (nSPS) is 15.4. The summed E-state index contributed by atoms with van der Waals surface area (Å²) in [6.45, 7) is -0.0214. The van der Waals surface area contributed by atoms with Crippen molar-refractivity contribution in [3.05, 3.63) is 29.0 Å². The lowest BCUT2D eigenvalue weighted by Gasteiger charge is -2.16. The van der Waals surface area contributed by atoms with Crippen LogP contribution in [-0.4, -0.2) is 27.8 Å². The predicted octanol–water partition coefficient (Wildman–Crippen LogP) is 0.0880. The molecular formula is C8H11ClN2O2. The largest absolute Gasteiger partial charge is 0.389 e. The quantitative estimate of drug-likeness (QED) is 0.649. The molecule has 0 aromatic carbocycles. The fourth-order valence-electron chi connectivity index (χ4n) is 0.944. The predicted molar refractivity (Wildman–Crippen MR) is 49.3 cm³/mol. The molecule has 72 valence electrons. The van der Waals surface area contributed by atoms with Gasteiger partial charge in [-0.25, -0.2) is 0 Å². The Hall–Kier alpha value is -0.680. The van der Waals surface area contributed by atoms with E-state index in [1.165, 1.54) is 12.4 Å². The number of hydrogen-bond acceptors (Lipinski definition) is 4. The molecule has 5 heteroatoms. The molecule has 1 aromatic rings. The molecule has 4 N–H and O–H groups in total. The zero-order valence-electron chi connectivity index (χ0n) is 6.89. The van der Waals surface area contributed by atoms with Crippen molar-refractivity contribution in [1.82, 2.24) is 4.98 Å². The van der Waals surface area contributed by atoms with Gasteiger partial charge < -0.3 is 15.9 Å². The molecule has 0 aliphatic heterocycles. The van der Waals surface area contributed by atoms with Crippen molar-refractivity contribution in [2.75, 3.05) is 6.54 Å². The lowest BCUT2D eigenvalue weighted by atomic mass is 10.1. The third kappa shape index (κ3) is 2.38. The lowest BCUT2D eigenvalue weighted by Crippen LogP contribution is -2.27. The van der Waals surface area contributed by atoms with Crippen molar-refractivity contribution in [2.24, 2.45) is 5.73 Å². The number of aliphatic hydroxyl groups is 2. The van der Waals surface area contributed by atoms with E-state index in [0.29, 0.717) is 10.6 Å². The average molecular weight is 203 g/mol. The van der Waals surface area contributed by atoms with E-state index in [4.69, 9.17) is 17.3 Å². The van der Waals surface area contributed by atoms with Gasteiger partial charge in [-0.2, -0.15) is 0 Å². The summed E-state index contributed by atoms with van der Waals surface area (Å²) in [6, 6.07) is 1.54. The van der Waals surface area contributed by atoms with Crippen molar-refractivity contribution < 1.29 is 10.2 Å². The van der Waals surface area contributed by atoms with Crippen molar-refractivity contribution in [1.29, 1.82) is 0 Å². The molecule has 0 amide bonds. The first-order valence-electron chi connectivity index (χ1n) is 3.82. The SMILES string of the molecule is NCC(O)C(O)c1cnccc1Cl. The minimum atomic E-state index is -1.08. The van der Waals surface area contributed by atoms with Gasteiger partial charge in [0.15, 0.2) is 0 Å². The van der Waals surface area contributed by atoms with Gasteiger partial charge in [-0.15, -0.1) is 0 Å². The van der Waals surface area contributed by atoms with Gasteiger partial charge in [-0.1, -0.05) is 11.6 Å². The summed E-state index contributed by atoms with van der Waals surface area (Å²) in [5, 5.41) is 19.1. The van der Waals surface area contributed by atoms with Crippen molar-refractivity contribution in [2.45, 2.75) is 12.2 Å². The van der Waals surface area contributed by atoms with Crippen LogP contribution in [0, 0.1) is 0 Å². The summed E-state index contributed by atoms with van der Waals surface area (Å²) in [5.41, 5.74) is 5.58. The number of halogens is 1. The number of nitrogens with zero attached hydrogens (tertiary/aromatic N) is 1. The minimum absolute atomic E-state index is 0.0214. The highest BCUT2D eigenvalue weighted by Gasteiger charge is 2.19. The van der Waals surface area contributed by atoms with Gasteiger partial charge in [0.05, 0.1) is 6.10 Å². The van der Waals surface area contributed by atoms with Crippen LogP contribution in [0.2, 0.25) is 5.02 Å². The van der Waals surface area contributed by atoms with E-state index in [9.17, 15) is 10.2 Å². The Balaban J connectivity index is 2.88. The third-order valence-electron chi connectivity index (χ3n) is 1.72. The van der Waals surface area contributed by atoms with E-state index in [0.717, 1.165) is 0 Å². The van der Waals surface area contributed by atoms with Crippen LogP contribution in [0.3, 0.4) is 0 Å². The highest BCUT2D eigenvalue weighted by atomic mass is 35.5. The molecule has 1 aromatic heterocycles. The molecule has 0 fully saturated rings. The summed E-state index contributed by atoms with van der Waals surface area (Å²) in [5.74, 6) is 0. The summed E-state index contributed by atoms with van der Waals surface area (Å²) in [7, 11) is 0. The summed E-state index contributed by atoms with van der Waals surface area (Å²) < 4.78 is 0. The lowest BCUT2D eigenvalue weighted by molar-refractivity contribution is 0.0242. The first-order chi connectivity index (χ1) is 6.16. The maximum Gasteiger partial charge on any atom is 0.109 e. The summed E-state index contributed by atoms with van der Waals surface area (Å²) >= 11 is 5.77. The van der Waals surface area contributed by atoms with Crippen LogP contribution in [0.25, 0.3) is 0 Å². The van der Waals surface area contributed by atoms with Crippen LogP contribution in [0.4, 0.5) is 0 Å². The smallest absolute Gasteiger partial charge is 0.109 e. The van der Waals surface area contributed by atoms with Crippen LogP contribution >= 0.6 is 11.6 Å². The van der Waals surface area contributed by atoms with Gasteiger partial charge in [0, 0.05) is 29.5 Å². The van der Waals surface area contributed by atoms with Gasteiger partial charge in [-0.05, 0) is 6.07 Å². The Kier molecular flexibility index (Phi) is 3.62. The molecule has 0 radical (unpaired) electrons. The Bertz CT molecular complexity index is 283. The van der Waals surface area contributed by atoms with Crippen molar-refractivity contribution in [3.63, 3.8) is 0 Å². The second-order valence-corrected chi connectivity index (χ2v) is 3.05. The van der Waals surface area contributed by atoms with E-state index in [2.05, 4.69) is 4.98 Å². The molecule has 4 nitrogen and oxygen atoms in total. The van der Waals surface area contributed by atoms with Gasteiger partial charge in [0.25, 0.3) is 0 Å². The van der Waals surface area contributed by atoms with E-state index in [1.807, 2.05) is 0 Å². The van der Waals surface area contributed by atoms with Gasteiger partial charge in [-0.3, -0.25) is 4.98 Å². The molecular weight excluding hydrogens is 192 g/mol. The molecule has 1 rings (SSSR count). The van der Waals surface area contributed by atoms with Crippen LogP contribution in [0.5, 0.6) is 0 Å². The third-order valence-corrected chi connectivity index (χ3v) is 2.07. The second-order valence-electron chi connectivity index (χ2n) is 2.65. The maximum absolute atomic E-state index is 9.52. The Labute approximate surface area is 81.0 Å². The van der Waals surface area contributed by atoms with E-state index in [1.54, 1.807) is 6.07 Å². The zero-order chi connectivity index (χ0) is 9.84. The Morgan fingerprint density at radius 1 is 1.54 bits per heavy atom. The van der Waals surface area contributed by atoms with Crippen LogP contribution in [-0.2, 0) is 0 Å². The van der Waals surface area contributed by atoms with E-state index < -0.39 is 12.2 Å². The van der Waals surface area contributed by atoms with Crippen molar-refractivity contribution in [3.8, 4) is 0 Å². The number of aliphatic hydroxyl groups excluding tert-OH is 2. The summed E-state index contributed by atoms with van der Waals surface area (Å²) in [4.78, 5) is 3.79. The monoisotopic (exact) mass is 202 g/mol. The molecule has 0 saturated heterocycles. The molecule has 0 saturated carbocycles. The molecule has 0 aliphatic carbocycles. The topological polar surface area (TPSA) is 79.4 Å². The highest BCUT2D eigenvalue weighted by Crippen LogP contribution is 2.23. The van der Waals surface area contributed by atoms with Crippen LogP contribution in [0.1, 0.15) is 11.7 Å². The molecule has 2 unspecified atom stereocenters. The molecule has 1 heterocycles. The molecule has 2 atom stereocenters. The van der Waals surface area contributed by atoms with E-state index >= 15 is 0 Å². The fourth-order valence-corrected chi connectivity index (χ4v) is 1.16. The molecule has 0 spiro atoms. The maximum atomic E-state index is 9.52. The van der Waals surface area contributed by atoms with Crippen LogP contribution in [0.15, 0.2) is 18.5 Å². The number of aromatic nitrogens is 1. The average Bonchev–Trinajstić information content (AvgIpc) is 2.16. The van der Waals surface area contributed by atoms with Crippen molar-refractivity contribution >= 4 is 11.6 Å². The number of pyridine rings is 1. The van der Waals surface area contributed by atoms with Gasteiger partial charge in [0.1, 0.15) is 6.10 Å². The Morgan fingerprint density at radius 2 is 2.23 bits per heavy atom. The van der Waals surface area contributed by atoms with Gasteiger partial charge >= 0.3 is 0 Å². The molecule has 0 bridgehead atoms. The summed E-state index contributed by atoms with van der Waals surface area (Å²) in [6.07, 6.45) is 0.826. The number of rotatable bonds is 3. The number of nitrogens with two attached hydrogens (primary N) is 1. The fraction of sp³-hybridized carbons (Fsp3) is 0.375. The molecule has 13 heavy (non-hydrogen) atoms. The van der Waals surface area contributed by atoms with Gasteiger partial charge in [0.2, 0.25) is 0 Å². The zero-order valence-corrected chi connectivity index (χ0v) is 7.65. The number of hydrogen-bond donors (Lipinski definition) is 3. The van der Waals surface area contributed by atoms with E-state index in [-0.39, 0.29) is 6.54 Å². The highest BCUT2D eigenvalue weighted by molar-refractivity contribution is 6.31. The second kappa shape index (κ2) is 4.53. The molecule has 0 aliphatic rings.